The molecule has 2 aromatic carbocycles. The van der Waals surface area contributed by atoms with E-state index in [1.807, 2.05) is 41.8 Å². The highest BCUT2D eigenvalue weighted by atomic mass is 19.2. The molecule has 1 atom stereocenters. The highest BCUT2D eigenvalue weighted by molar-refractivity contribution is 6.02. The largest absolute Gasteiger partial charge is 0.342 e. The molecule has 6 nitrogen and oxygen atoms in total. The van der Waals surface area contributed by atoms with Crippen LogP contribution in [0.4, 0.5) is 8.78 Å². The Bertz CT molecular complexity index is 1190. The van der Waals surface area contributed by atoms with Crippen LogP contribution in [0.5, 0.6) is 0 Å². The molecule has 1 spiro atoms. The second-order valence-corrected chi connectivity index (χ2v) is 9.99. The zero-order valence-corrected chi connectivity index (χ0v) is 20.0. The van der Waals surface area contributed by atoms with Crippen LogP contribution in [-0.4, -0.2) is 70.2 Å². The number of piperidine rings is 1. The molecular formula is C27H29F2N3O3. The van der Waals surface area contributed by atoms with Gasteiger partial charge in [0.25, 0.3) is 11.8 Å². The number of hydrogen-bond donors (Lipinski definition) is 0. The third kappa shape index (κ3) is 3.70. The smallest absolute Gasteiger partial charge is 0.254 e. The Morgan fingerprint density at radius 2 is 1.63 bits per heavy atom. The fourth-order valence-electron chi connectivity index (χ4n) is 5.97. The molecule has 5 rings (SSSR count). The summed E-state index contributed by atoms with van der Waals surface area (Å²) in [5.74, 6) is -3.03. The summed E-state index contributed by atoms with van der Waals surface area (Å²) >= 11 is 0. The standard InChI is InChI=1S/C27H29F2N3O3/c1-17(2)32-25(34)20-7-4-3-6-19(20)23(26(35)30-12-5-13-30)27(32)10-14-31(15-11-27)24(33)18-8-9-21(28)22(29)16-18/h3-4,6-9,16-17,23H,5,10-15H2,1-2H3. The summed E-state index contributed by atoms with van der Waals surface area (Å²) in [4.78, 5) is 45.9. The number of benzene rings is 2. The van der Waals surface area contributed by atoms with E-state index >= 15 is 0 Å². The van der Waals surface area contributed by atoms with E-state index in [4.69, 9.17) is 0 Å². The lowest BCUT2D eigenvalue weighted by atomic mass is 9.66. The van der Waals surface area contributed by atoms with Gasteiger partial charge in [-0.15, -0.1) is 0 Å². The van der Waals surface area contributed by atoms with Crippen molar-refractivity contribution in [3.63, 3.8) is 0 Å². The minimum Gasteiger partial charge on any atom is -0.342 e. The van der Waals surface area contributed by atoms with Crippen molar-refractivity contribution in [1.82, 2.24) is 14.7 Å². The maximum Gasteiger partial charge on any atom is 0.254 e. The van der Waals surface area contributed by atoms with Gasteiger partial charge in [0.05, 0.1) is 11.5 Å². The van der Waals surface area contributed by atoms with Gasteiger partial charge in [0.15, 0.2) is 11.6 Å². The number of hydrogen-bond acceptors (Lipinski definition) is 3. The molecule has 2 aromatic rings. The Hall–Kier alpha value is -3.29. The van der Waals surface area contributed by atoms with Crippen LogP contribution in [0, 0.1) is 11.6 Å². The van der Waals surface area contributed by atoms with Crippen molar-refractivity contribution in [2.75, 3.05) is 26.2 Å². The molecule has 0 saturated carbocycles. The monoisotopic (exact) mass is 481 g/mol. The predicted octanol–water partition coefficient (Wildman–Crippen LogP) is 3.82. The summed E-state index contributed by atoms with van der Waals surface area (Å²) in [5.41, 5.74) is 0.633. The van der Waals surface area contributed by atoms with Crippen LogP contribution in [0.2, 0.25) is 0 Å². The maximum atomic E-state index is 13.8. The van der Waals surface area contributed by atoms with Crippen molar-refractivity contribution >= 4 is 17.7 Å². The highest BCUT2D eigenvalue weighted by Gasteiger charge is 2.57. The van der Waals surface area contributed by atoms with Crippen molar-refractivity contribution in [1.29, 1.82) is 0 Å². The summed E-state index contributed by atoms with van der Waals surface area (Å²) in [6, 6.07) is 10.4. The number of halogens is 2. The van der Waals surface area contributed by atoms with Crippen molar-refractivity contribution < 1.29 is 23.2 Å². The second kappa shape index (κ2) is 8.73. The molecule has 0 bridgehead atoms. The van der Waals surface area contributed by atoms with Crippen LogP contribution < -0.4 is 0 Å². The van der Waals surface area contributed by atoms with Crippen LogP contribution in [0.15, 0.2) is 42.5 Å². The summed E-state index contributed by atoms with van der Waals surface area (Å²) in [5, 5.41) is 0. The quantitative estimate of drug-likeness (QED) is 0.670. The van der Waals surface area contributed by atoms with Crippen LogP contribution in [-0.2, 0) is 4.79 Å². The van der Waals surface area contributed by atoms with Crippen molar-refractivity contribution in [3.05, 3.63) is 70.8 Å². The van der Waals surface area contributed by atoms with Gasteiger partial charge in [0.2, 0.25) is 5.91 Å². The zero-order valence-electron chi connectivity index (χ0n) is 20.0. The Morgan fingerprint density at radius 3 is 2.23 bits per heavy atom. The molecule has 3 amide bonds. The van der Waals surface area contributed by atoms with Gasteiger partial charge in [-0.3, -0.25) is 14.4 Å². The van der Waals surface area contributed by atoms with E-state index in [-0.39, 0.29) is 29.3 Å². The normalized spacial score (nSPS) is 21.2. The lowest BCUT2D eigenvalue weighted by molar-refractivity contribution is -0.142. The number of carbonyl (C=O) groups excluding carboxylic acids is 3. The summed E-state index contributed by atoms with van der Waals surface area (Å²) < 4.78 is 27.1. The predicted molar refractivity (Wildman–Crippen MR) is 126 cm³/mol. The number of carbonyl (C=O) groups is 3. The molecule has 3 aliphatic rings. The van der Waals surface area contributed by atoms with Crippen LogP contribution in [0.3, 0.4) is 0 Å². The molecule has 1 unspecified atom stereocenters. The molecule has 3 heterocycles. The van der Waals surface area contributed by atoms with Crippen LogP contribution in [0.25, 0.3) is 0 Å². The summed E-state index contributed by atoms with van der Waals surface area (Å²) in [6.07, 6.45) is 1.81. The van der Waals surface area contributed by atoms with E-state index < -0.39 is 23.1 Å². The lowest BCUT2D eigenvalue weighted by Crippen LogP contribution is -2.68. The molecular weight excluding hydrogens is 452 g/mol. The maximum absolute atomic E-state index is 13.8. The van der Waals surface area contributed by atoms with E-state index in [0.717, 1.165) is 24.1 Å². The van der Waals surface area contributed by atoms with Gasteiger partial charge in [-0.2, -0.15) is 0 Å². The minimum atomic E-state index is -1.06. The fourth-order valence-corrected chi connectivity index (χ4v) is 5.97. The topological polar surface area (TPSA) is 60.9 Å². The molecule has 0 radical (unpaired) electrons. The van der Waals surface area contributed by atoms with Gasteiger partial charge in [0, 0.05) is 43.3 Å². The second-order valence-electron chi connectivity index (χ2n) is 9.99. The summed E-state index contributed by atoms with van der Waals surface area (Å²) in [6.45, 7) is 5.95. The first-order valence-electron chi connectivity index (χ1n) is 12.2. The molecule has 35 heavy (non-hydrogen) atoms. The zero-order chi connectivity index (χ0) is 24.9. The van der Waals surface area contributed by atoms with E-state index in [1.54, 1.807) is 11.0 Å². The minimum absolute atomic E-state index is 0.0298. The van der Waals surface area contributed by atoms with E-state index in [9.17, 15) is 23.2 Å². The lowest BCUT2D eigenvalue weighted by Gasteiger charge is -2.57. The Labute approximate surface area is 203 Å². The molecule has 3 aliphatic heterocycles. The van der Waals surface area contributed by atoms with Crippen molar-refractivity contribution in [2.24, 2.45) is 0 Å². The van der Waals surface area contributed by atoms with Gasteiger partial charge >= 0.3 is 0 Å². The Morgan fingerprint density at radius 1 is 0.943 bits per heavy atom. The highest BCUT2D eigenvalue weighted by Crippen LogP contribution is 2.49. The average Bonchev–Trinajstić information content (AvgIpc) is 2.80. The van der Waals surface area contributed by atoms with Gasteiger partial charge in [-0.05, 0) is 62.9 Å². The number of likely N-dealkylation sites (tertiary alicyclic amines) is 2. The van der Waals surface area contributed by atoms with Crippen LogP contribution >= 0.6 is 0 Å². The van der Waals surface area contributed by atoms with Crippen molar-refractivity contribution in [2.45, 2.75) is 50.6 Å². The molecule has 184 valence electrons. The van der Waals surface area contributed by atoms with Crippen LogP contribution in [0.1, 0.15) is 65.3 Å². The third-order valence-corrected chi connectivity index (χ3v) is 7.75. The molecule has 0 N–H and O–H groups in total. The molecule has 0 aliphatic carbocycles. The van der Waals surface area contributed by atoms with Crippen molar-refractivity contribution in [3.8, 4) is 0 Å². The number of rotatable bonds is 3. The first-order chi connectivity index (χ1) is 16.7. The van der Waals surface area contributed by atoms with Gasteiger partial charge in [0.1, 0.15) is 0 Å². The van der Waals surface area contributed by atoms with Gasteiger partial charge in [-0.25, -0.2) is 8.78 Å². The van der Waals surface area contributed by atoms with E-state index in [2.05, 4.69) is 0 Å². The molecule has 0 aromatic heterocycles. The molecule has 2 saturated heterocycles. The number of amides is 3. The van der Waals surface area contributed by atoms with Gasteiger partial charge in [-0.1, -0.05) is 18.2 Å². The summed E-state index contributed by atoms with van der Waals surface area (Å²) in [7, 11) is 0. The Balaban J connectivity index is 1.51. The van der Waals surface area contributed by atoms with E-state index in [0.29, 0.717) is 44.6 Å². The molecule has 2 fully saturated rings. The van der Waals surface area contributed by atoms with E-state index in [1.165, 1.54) is 6.07 Å². The first-order valence-corrected chi connectivity index (χ1v) is 12.2. The fraction of sp³-hybridized carbons (Fsp3) is 0.444. The number of fused-ring (bicyclic) bond motifs is 1. The average molecular weight is 482 g/mol. The first kappa shape index (κ1) is 23.5. The number of nitrogens with zero attached hydrogens (tertiary/aromatic N) is 3. The third-order valence-electron chi connectivity index (χ3n) is 7.75. The Kier molecular flexibility index (Phi) is 5.85. The SMILES string of the molecule is CC(C)N1C(=O)c2ccccc2C(C(=O)N2CCC2)C12CCN(C(=O)c1ccc(F)c(F)c1)CC2. The van der Waals surface area contributed by atoms with Gasteiger partial charge < -0.3 is 14.7 Å². The molecule has 8 heteroatoms.